The van der Waals surface area contributed by atoms with Crippen LogP contribution in [0.15, 0.2) is 47.2 Å². The number of aromatic amines is 1. The Morgan fingerprint density at radius 3 is 2.56 bits per heavy atom. The first-order valence-corrected chi connectivity index (χ1v) is 11.2. The van der Waals surface area contributed by atoms with Crippen molar-refractivity contribution in [3.63, 3.8) is 0 Å². The largest absolute Gasteiger partial charge is 0.361 e. The molecule has 0 saturated carbocycles. The Bertz CT molecular complexity index is 1540. The number of carbonyl (C=O) groups excluding carboxylic acids is 2. The summed E-state index contributed by atoms with van der Waals surface area (Å²) in [5.41, 5.74) is 4.37. The summed E-state index contributed by atoms with van der Waals surface area (Å²) in [6.07, 6.45) is 4.50. The zero-order chi connectivity index (χ0) is 22.4. The summed E-state index contributed by atoms with van der Waals surface area (Å²) in [6.45, 7) is 4.98. The number of nitrogens with zero attached hydrogens (tertiary/aromatic N) is 1. The highest BCUT2D eigenvalue weighted by Gasteiger charge is 2.37. The number of rotatable bonds is 2. The van der Waals surface area contributed by atoms with E-state index in [-0.39, 0.29) is 11.2 Å². The molecule has 7 heteroatoms. The lowest BCUT2D eigenvalue weighted by molar-refractivity contribution is -0.122. The highest BCUT2D eigenvalue weighted by atomic mass is 79.9. The molecule has 4 heterocycles. The minimum Gasteiger partial charge on any atom is -0.361 e. The van der Waals surface area contributed by atoms with Gasteiger partial charge in [-0.25, -0.2) is 4.39 Å². The van der Waals surface area contributed by atoms with Crippen LogP contribution in [-0.2, 0) is 21.5 Å². The third kappa shape index (κ3) is 2.60. The molecule has 32 heavy (non-hydrogen) atoms. The van der Waals surface area contributed by atoms with Crippen LogP contribution in [0.4, 0.5) is 4.39 Å². The minimum atomic E-state index is -0.458. The van der Waals surface area contributed by atoms with E-state index in [1.165, 1.54) is 6.07 Å². The maximum Gasteiger partial charge on any atom is 0.259 e. The Labute approximate surface area is 191 Å². The molecule has 5 nitrogen and oxygen atoms in total. The van der Waals surface area contributed by atoms with E-state index in [4.69, 9.17) is 0 Å². The molecule has 0 atom stereocenters. The number of nitrogens with one attached hydrogen (secondary N) is 2. The van der Waals surface area contributed by atoms with Crippen molar-refractivity contribution < 1.29 is 14.0 Å². The van der Waals surface area contributed by atoms with Crippen molar-refractivity contribution in [1.82, 2.24) is 14.9 Å². The minimum absolute atomic E-state index is 0.179. The smallest absolute Gasteiger partial charge is 0.259 e. The average molecular weight is 492 g/mol. The van der Waals surface area contributed by atoms with Crippen molar-refractivity contribution in [3.8, 4) is 0 Å². The Kier molecular flexibility index (Phi) is 3.91. The lowest BCUT2D eigenvalue weighted by Gasteiger charge is -2.31. The van der Waals surface area contributed by atoms with E-state index in [0.717, 1.165) is 39.4 Å². The number of fused-ring (bicyclic) bond motifs is 1. The Morgan fingerprint density at radius 1 is 1.03 bits per heavy atom. The molecule has 2 aromatic heterocycles. The molecule has 0 spiro atoms. The van der Waals surface area contributed by atoms with E-state index >= 15 is 0 Å². The van der Waals surface area contributed by atoms with E-state index in [2.05, 4.69) is 44.6 Å². The zero-order valence-electron chi connectivity index (χ0n) is 17.5. The maximum atomic E-state index is 14.7. The first kappa shape index (κ1) is 19.5. The molecule has 160 valence electrons. The van der Waals surface area contributed by atoms with Crippen LogP contribution < -0.4 is 5.32 Å². The average Bonchev–Trinajstić information content (AvgIpc) is 3.38. The third-order valence-corrected chi connectivity index (χ3v) is 7.25. The van der Waals surface area contributed by atoms with Crippen LogP contribution >= 0.6 is 15.9 Å². The first-order valence-electron chi connectivity index (χ1n) is 10.4. The molecule has 2 aromatic carbocycles. The third-order valence-electron chi connectivity index (χ3n) is 6.76. The van der Waals surface area contributed by atoms with Crippen LogP contribution in [0.5, 0.6) is 0 Å². The second-order valence-electron chi connectivity index (χ2n) is 9.15. The molecule has 0 bridgehead atoms. The molecule has 6 rings (SSSR count). The molecule has 0 saturated heterocycles. The predicted molar refractivity (Wildman–Crippen MR) is 126 cm³/mol. The fraction of sp³-hybridized carbons (Fsp3) is 0.200. The number of benzene rings is 2. The molecular weight excluding hydrogens is 473 g/mol. The van der Waals surface area contributed by atoms with E-state index in [9.17, 15) is 14.0 Å². The van der Waals surface area contributed by atoms with E-state index < -0.39 is 11.8 Å². The van der Waals surface area contributed by atoms with Crippen molar-refractivity contribution >= 4 is 60.7 Å². The molecule has 2 aliphatic rings. The lowest BCUT2D eigenvalue weighted by Crippen LogP contribution is -2.25. The van der Waals surface area contributed by atoms with Crippen LogP contribution in [0.25, 0.3) is 33.0 Å². The fourth-order valence-electron chi connectivity index (χ4n) is 5.10. The van der Waals surface area contributed by atoms with Crippen molar-refractivity contribution in [2.45, 2.75) is 32.2 Å². The van der Waals surface area contributed by atoms with Gasteiger partial charge >= 0.3 is 0 Å². The first-order chi connectivity index (χ1) is 15.2. The summed E-state index contributed by atoms with van der Waals surface area (Å²) < 4.78 is 17.7. The summed E-state index contributed by atoms with van der Waals surface area (Å²) in [5.74, 6) is -1.24. The van der Waals surface area contributed by atoms with Crippen molar-refractivity contribution in [2.75, 3.05) is 0 Å². The van der Waals surface area contributed by atoms with Gasteiger partial charge in [0, 0.05) is 50.8 Å². The standard InChI is InChI=1S/C25H19BrFN3O2/c1-25(2)5-6-30-11-17(15-8-13(27)9-18(25)22(15)30)21-20(23(31)29-24(21)32)16-10-28-19-7-12(26)3-4-14(16)19/h3-4,7-11,28H,5-6H2,1-2H3,(H,29,31,32). The number of H-pyrrole nitrogens is 1. The zero-order valence-corrected chi connectivity index (χ0v) is 19.1. The van der Waals surface area contributed by atoms with Gasteiger partial charge in [0.15, 0.2) is 0 Å². The summed E-state index contributed by atoms with van der Waals surface area (Å²) in [5, 5.41) is 3.95. The van der Waals surface area contributed by atoms with E-state index in [1.807, 2.05) is 24.4 Å². The molecule has 2 aliphatic heterocycles. The number of amides is 2. The number of aromatic nitrogens is 2. The van der Waals surface area contributed by atoms with Crippen LogP contribution in [-0.4, -0.2) is 21.4 Å². The van der Waals surface area contributed by atoms with Gasteiger partial charge in [-0.2, -0.15) is 0 Å². The Balaban J connectivity index is 1.69. The molecule has 2 amide bonds. The number of aryl methyl sites for hydroxylation is 1. The molecule has 0 unspecified atom stereocenters. The molecule has 0 radical (unpaired) electrons. The van der Waals surface area contributed by atoms with Crippen LogP contribution in [0.3, 0.4) is 0 Å². The van der Waals surface area contributed by atoms with Gasteiger partial charge in [0.05, 0.1) is 16.7 Å². The van der Waals surface area contributed by atoms with Crippen LogP contribution in [0.2, 0.25) is 0 Å². The maximum absolute atomic E-state index is 14.7. The lowest BCUT2D eigenvalue weighted by atomic mass is 9.78. The number of carbonyl (C=O) groups is 2. The summed E-state index contributed by atoms with van der Waals surface area (Å²) in [4.78, 5) is 29.2. The highest BCUT2D eigenvalue weighted by Crippen LogP contribution is 2.44. The van der Waals surface area contributed by atoms with Gasteiger partial charge in [-0.05, 0) is 41.7 Å². The second kappa shape index (κ2) is 6.42. The number of hydrogen-bond acceptors (Lipinski definition) is 2. The van der Waals surface area contributed by atoms with Gasteiger partial charge in [-0.15, -0.1) is 0 Å². The predicted octanol–water partition coefficient (Wildman–Crippen LogP) is 5.27. The van der Waals surface area contributed by atoms with Crippen LogP contribution in [0.1, 0.15) is 37.0 Å². The van der Waals surface area contributed by atoms with Crippen LogP contribution in [0, 0.1) is 5.82 Å². The Hall–Kier alpha value is -3.19. The van der Waals surface area contributed by atoms with E-state index in [1.54, 1.807) is 12.3 Å². The number of hydrogen-bond donors (Lipinski definition) is 2. The van der Waals surface area contributed by atoms with Gasteiger partial charge < -0.3 is 9.55 Å². The molecule has 4 aromatic rings. The van der Waals surface area contributed by atoms with Crippen molar-refractivity contribution in [2.24, 2.45) is 0 Å². The normalized spacial score (nSPS) is 17.6. The molecular formula is C25H19BrFN3O2. The molecule has 0 aliphatic carbocycles. The summed E-state index contributed by atoms with van der Waals surface area (Å²) in [7, 11) is 0. The SMILES string of the molecule is CC1(C)CCn2cc(C3=C(c4c[nH]c5cc(Br)ccc45)C(=O)NC3=O)c3cc(F)cc1c32. The second-order valence-corrected chi connectivity index (χ2v) is 10.1. The van der Waals surface area contributed by atoms with Crippen molar-refractivity contribution in [3.05, 3.63) is 69.7 Å². The van der Waals surface area contributed by atoms with Gasteiger partial charge in [0.2, 0.25) is 0 Å². The number of halogens is 2. The quantitative estimate of drug-likeness (QED) is 0.375. The summed E-state index contributed by atoms with van der Waals surface area (Å²) in [6, 6.07) is 8.79. The topological polar surface area (TPSA) is 66.9 Å². The summed E-state index contributed by atoms with van der Waals surface area (Å²) >= 11 is 3.46. The van der Waals surface area contributed by atoms with Gasteiger partial charge in [0.1, 0.15) is 5.82 Å². The monoisotopic (exact) mass is 491 g/mol. The van der Waals surface area contributed by atoms with Crippen molar-refractivity contribution in [1.29, 1.82) is 0 Å². The fourth-order valence-corrected chi connectivity index (χ4v) is 5.47. The molecule has 0 fully saturated rings. The van der Waals surface area contributed by atoms with Gasteiger partial charge in [-0.1, -0.05) is 35.8 Å². The Morgan fingerprint density at radius 2 is 1.78 bits per heavy atom. The van der Waals surface area contributed by atoms with Gasteiger partial charge in [0.25, 0.3) is 11.8 Å². The molecule has 2 N–H and O–H groups in total. The highest BCUT2D eigenvalue weighted by molar-refractivity contribution is 9.10. The van der Waals surface area contributed by atoms with E-state index in [0.29, 0.717) is 27.7 Å². The number of imide groups is 1. The van der Waals surface area contributed by atoms with Gasteiger partial charge in [-0.3, -0.25) is 14.9 Å².